The first kappa shape index (κ1) is 30.7. The summed E-state index contributed by atoms with van der Waals surface area (Å²) in [5.41, 5.74) is 17.4. The summed E-state index contributed by atoms with van der Waals surface area (Å²) in [5, 5.41) is 27.1. The van der Waals surface area contributed by atoms with Crippen LogP contribution < -0.4 is 33.2 Å². The second-order valence-corrected chi connectivity index (χ2v) is 9.03. The number of para-hydroxylation sites is 1. The van der Waals surface area contributed by atoms with E-state index in [4.69, 9.17) is 17.2 Å². The number of aromatic amines is 1. The normalized spacial score (nSPS) is 14.8. The van der Waals surface area contributed by atoms with Crippen LogP contribution in [0.2, 0.25) is 0 Å². The van der Waals surface area contributed by atoms with Gasteiger partial charge in [-0.3, -0.25) is 24.0 Å². The molecule has 15 nitrogen and oxygen atoms in total. The van der Waals surface area contributed by atoms with E-state index in [1.54, 1.807) is 24.4 Å². The summed E-state index contributed by atoms with van der Waals surface area (Å²) < 4.78 is 0. The van der Waals surface area contributed by atoms with E-state index in [0.717, 1.165) is 10.9 Å². The van der Waals surface area contributed by atoms with Gasteiger partial charge in [0.2, 0.25) is 29.5 Å². The second kappa shape index (κ2) is 13.9. The number of aliphatic hydroxyl groups is 1. The Morgan fingerprint density at radius 3 is 2.15 bits per heavy atom. The van der Waals surface area contributed by atoms with Gasteiger partial charge in [0.25, 0.3) is 0 Å². The number of amides is 5. The number of carbonyl (C=O) groups excluding carboxylic acids is 5. The summed E-state index contributed by atoms with van der Waals surface area (Å²) in [7, 11) is 0. The van der Waals surface area contributed by atoms with Crippen molar-refractivity contribution in [1.29, 1.82) is 0 Å². The average Bonchev–Trinajstić information content (AvgIpc) is 3.26. The monoisotopic (exact) mass is 547 g/mol. The van der Waals surface area contributed by atoms with Crippen LogP contribution in [-0.4, -0.2) is 81.0 Å². The number of primary amides is 2. The van der Waals surface area contributed by atoms with E-state index in [-0.39, 0.29) is 19.3 Å². The Hall–Kier alpha value is -4.50. The summed E-state index contributed by atoms with van der Waals surface area (Å²) in [6.07, 6.45) is -0.864. The van der Waals surface area contributed by atoms with E-state index in [9.17, 15) is 39.0 Å². The number of carboxylic acid groups (broad SMARTS) is 1. The molecule has 2 aromatic rings. The van der Waals surface area contributed by atoms with E-state index in [0.29, 0.717) is 5.56 Å². The zero-order valence-corrected chi connectivity index (χ0v) is 21.2. The van der Waals surface area contributed by atoms with Crippen LogP contribution in [0.1, 0.15) is 31.7 Å². The number of hydrogen-bond acceptors (Lipinski definition) is 8. The molecule has 0 aliphatic carbocycles. The molecule has 39 heavy (non-hydrogen) atoms. The zero-order chi connectivity index (χ0) is 29.3. The standard InChI is InChI=1S/C24H33N7O8/c1-11(32)20(23(37)30-17(24(38)39)9-19(27)34)31-22(36)16(29-21(35)14(25)6-7-18(26)33)8-12-10-28-15-5-3-2-4-13(12)15/h2-5,10-11,14,16-17,20,28,32H,6-9,25H2,1H3,(H2,26,33)(H2,27,34)(H,29,35)(H,30,37)(H,31,36)(H,38,39). The van der Waals surface area contributed by atoms with E-state index in [1.165, 1.54) is 6.92 Å². The average molecular weight is 548 g/mol. The van der Waals surface area contributed by atoms with E-state index < -0.39 is 72.2 Å². The lowest BCUT2D eigenvalue weighted by Gasteiger charge is -2.26. The SMILES string of the molecule is CC(O)C(NC(=O)C(Cc1c[nH]c2ccccc12)NC(=O)C(N)CCC(N)=O)C(=O)NC(CC(N)=O)C(=O)O. The number of nitrogens with one attached hydrogen (secondary N) is 4. The van der Waals surface area contributed by atoms with E-state index in [2.05, 4.69) is 20.9 Å². The van der Waals surface area contributed by atoms with Crippen LogP contribution in [0.15, 0.2) is 30.5 Å². The molecule has 12 N–H and O–H groups in total. The fraction of sp³-hybridized carbons (Fsp3) is 0.417. The van der Waals surface area contributed by atoms with Gasteiger partial charge in [-0.1, -0.05) is 18.2 Å². The highest BCUT2D eigenvalue weighted by atomic mass is 16.4. The van der Waals surface area contributed by atoms with Gasteiger partial charge >= 0.3 is 5.97 Å². The Morgan fingerprint density at radius 1 is 0.923 bits per heavy atom. The zero-order valence-electron chi connectivity index (χ0n) is 21.2. The number of benzene rings is 1. The third kappa shape index (κ3) is 9.08. The maximum atomic E-state index is 13.3. The lowest BCUT2D eigenvalue weighted by atomic mass is 10.0. The number of rotatable bonds is 15. The first-order valence-electron chi connectivity index (χ1n) is 12.0. The minimum atomic E-state index is -1.70. The molecule has 0 saturated heterocycles. The van der Waals surface area contributed by atoms with Crippen LogP contribution >= 0.6 is 0 Å². The molecule has 5 amide bonds. The van der Waals surface area contributed by atoms with Gasteiger partial charge < -0.3 is 48.3 Å². The molecule has 0 aliphatic rings. The molecule has 0 spiro atoms. The smallest absolute Gasteiger partial charge is 0.326 e. The minimum Gasteiger partial charge on any atom is -0.480 e. The second-order valence-electron chi connectivity index (χ2n) is 9.03. The fourth-order valence-corrected chi connectivity index (χ4v) is 3.76. The summed E-state index contributed by atoms with van der Waals surface area (Å²) in [5.74, 6) is -5.95. The van der Waals surface area contributed by atoms with Gasteiger partial charge in [0, 0.05) is 29.9 Å². The lowest BCUT2D eigenvalue weighted by Crippen LogP contribution is -2.60. The largest absolute Gasteiger partial charge is 0.480 e. The summed E-state index contributed by atoms with van der Waals surface area (Å²) >= 11 is 0. The topological polar surface area (TPSA) is 273 Å². The summed E-state index contributed by atoms with van der Waals surface area (Å²) in [4.78, 5) is 75.5. The highest BCUT2D eigenvalue weighted by Gasteiger charge is 2.33. The van der Waals surface area contributed by atoms with Crippen molar-refractivity contribution in [2.24, 2.45) is 17.2 Å². The number of aliphatic carboxylic acids is 1. The molecule has 2 rings (SSSR count). The Kier molecular flexibility index (Phi) is 10.9. The molecular formula is C24H33N7O8. The van der Waals surface area contributed by atoms with Crippen molar-refractivity contribution in [2.45, 2.75) is 62.9 Å². The van der Waals surface area contributed by atoms with Gasteiger partial charge in [0.05, 0.1) is 18.6 Å². The number of aromatic nitrogens is 1. The lowest BCUT2D eigenvalue weighted by molar-refractivity contribution is -0.144. The van der Waals surface area contributed by atoms with Crippen molar-refractivity contribution in [3.63, 3.8) is 0 Å². The third-order valence-electron chi connectivity index (χ3n) is 5.85. The Labute approximate surface area is 222 Å². The number of carbonyl (C=O) groups is 6. The van der Waals surface area contributed by atoms with E-state index >= 15 is 0 Å². The molecule has 5 atom stereocenters. The fourth-order valence-electron chi connectivity index (χ4n) is 3.76. The third-order valence-corrected chi connectivity index (χ3v) is 5.85. The molecule has 0 radical (unpaired) electrons. The Bertz CT molecular complexity index is 1230. The molecule has 1 heterocycles. The molecule has 5 unspecified atom stereocenters. The van der Waals surface area contributed by atoms with Gasteiger partial charge in [-0.05, 0) is 25.0 Å². The molecule has 0 aliphatic heterocycles. The Balaban J connectivity index is 2.28. The van der Waals surface area contributed by atoms with E-state index in [1.807, 2.05) is 6.07 Å². The van der Waals surface area contributed by atoms with Crippen LogP contribution in [0.25, 0.3) is 10.9 Å². The quantitative estimate of drug-likeness (QED) is 0.110. The number of H-pyrrole nitrogens is 1. The van der Waals surface area contributed by atoms with Crippen molar-refractivity contribution in [3.05, 3.63) is 36.0 Å². The van der Waals surface area contributed by atoms with Crippen LogP contribution in [0.3, 0.4) is 0 Å². The van der Waals surface area contributed by atoms with Gasteiger partial charge in [-0.25, -0.2) is 4.79 Å². The maximum absolute atomic E-state index is 13.3. The predicted molar refractivity (Wildman–Crippen MR) is 137 cm³/mol. The highest BCUT2D eigenvalue weighted by molar-refractivity contribution is 5.96. The van der Waals surface area contributed by atoms with Crippen molar-refractivity contribution < 1.29 is 39.0 Å². The molecule has 1 aromatic carbocycles. The number of nitrogens with two attached hydrogens (primary N) is 3. The molecule has 212 valence electrons. The maximum Gasteiger partial charge on any atom is 0.326 e. The molecular weight excluding hydrogens is 514 g/mol. The van der Waals surface area contributed by atoms with Gasteiger partial charge in [-0.15, -0.1) is 0 Å². The van der Waals surface area contributed by atoms with Crippen molar-refractivity contribution in [3.8, 4) is 0 Å². The minimum absolute atomic E-state index is 0.0578. The summed E-state index contributed by atoms with van der Waals surface area (Å²) in [6, 6.07) is 1.38. The predicted octanol–water partition coefficient (Wildman–Crippen LogP) is -2.90. The number of carboxylic acids is 1. The van der Waals surface area contributed by atoms with Crippen molar-refractivity contribution in [1.82, 2.24) is 20.9 Å². The first-order chi connectivity index (χ1) is 18.3. The highest BCUT2D eigenvalue weighted by Crippen LogP contribution is 2.19. The molecule has 15 heteroatoms. The molecule has 0 bridgehead atoms. The Morgan fingerprint density at radius 2 is 1.56 bits per heavy atom. The van der Waals surface area contributed by atoms with Crippen LogP contribution in [0, 0.1) is 0 Å². The molecule has 0 fully saturated rings. The molecule has 0 saturated carbocycles. The molecule has 1 aromatic heterocycles. The van der Waals surface area contributed by atoms with Crippen LogP contribution in [0.4, 0.5) is 0 Å². The number of fused-ring (bicyclic) bond motifs is 1. The van der Waals surface area contributed by atoms with Crippen LogP contribution in [0.5, 0.6) is 0 Å². The van der Waals surface area contributed by atoms with Crippen molar-refractivity contribution >= 4 is 46.4 Å². The van der Waals surface area contributed by atoms with Gasteiger partial charge in [0.1, 0.15) is 18.1 Å². The van der Waals surface area contributed by atoms with Gasteiger partial charge in [0.15, 0.2) is 0 Å². The van der Waals surface area contributed by atoms with Gasteiger partial charge in [-0.2, -0.15) is 0 Å². The first-order valence-corrected chi connectivity index (χ1v) is 12.0. The van der Waals surface area contributed by atoms with Crippen LogP contribution in [-0.2, 0) is 35.2 Å². The number of hydrogen-bond donors (Lipinski definition) is 9. The van der Waals surface area contributed by atoms with Crippen molar-refractivity contribution in [2.75, 3.05) is 0 Å². The number of aliphatic hydroxyl groups excluding tert-OH is 1. The summed E-state index contributed by atoms with van der Waals surface area (Å²) in [6.45, 7) is 1.18.